The van der Waals surface area contributed by atoms with E-state index in [-0.39, 0.29) is 0 Å². The molecule has 0 amide bonds. The molecule has 0 saturated heterocycles. The van der Waals surface area contributed by atoms with E-state index in [1.165, 1.54) is 19.0 Å². The van der Waals surface area contributed by atoms with Gasteiger partial charge < -0.3 is 17.3 Å². The molecule has 0 aliphatic heterocycles. The van der Waals surface area contributed by atoms with E-state index in [1.807, 2.05) is 9.24 Å². The molecule has 0 fully saturated rings. The van der Waals surface area contributed by atoms with Gasteiger partial charge >= 0.3 is 7.25 Å². The van der Waals surface area contributed by atoms with Crippen LogP contribution in [-0.2, 0) is 0 Å². The molecule has 0 spiro atoms. The second-order valence-corrected chi connectivity index (χ2v) is 2.41. The first-order valence-electron chi connectivity index (χ1n) is 3.08. The molecule has 64 valence electrons. The molecule has 1 atom stereocenters. The average Bonchev–Trinajstić information content (AvgIpc) is 1.63. The second-order valence-electron chi connectivity index (χ2n) is 1.70. The van der Waals surface area contributed by atoms with Crippen molar-refractivity contribution in [3.8, 4) is 0 Å². The van der Waals surface area contributed by atoms with Gasteiger partial charge in [0, 0.05) is 0 Å². The largest absolute Gasteiger partial charge is 0.673 e. The van der Waals surface area contributed by atoms with Gasteiger partial charge in [0.15, 0.2) is 0 Å². The summed E-state index contributed by atoms with van der Waals surface area (Å²) >= 11 is 0. The molecule has 1 unspecified atom stereocenters. The van der Waals surface area contributed by atoms with Crippen LogP contribution in [0, 0.1) is 0 Å². The Morgan fingerprint density at radius 2 is 1.50 bits per heavy atom. The van der Waals surface area contributed by atoms with Crippen LogP contribution in [0.4, 0.5) is 17.3 Å². The van der Waals surface area contributed by atoms with E-state index in [1.54, 1.807) is 0 Å². The molecule has 6 heteroatoms. The Labute approximate surface area is 60.7 Å². The highest BCUT2D eigenvalue weighted by Gasteiger charge is 2.20. The summed E-state index contributed by atoms with van der Waals surface area (Å²) in [6.45, 7) is 2.22. The van der Waals surface area contributed by atoms with Crippen LogP contribution in [0.3, 0.4) is 0 Å². The molecule has 0 aromatic heterocycles. The predicted molar refractivity (Wildman–Crippen MR) is 41.1 cm³/mol. The van der Waals surface area contributed by atoms with Gasteiger partial charge in [0.2, 0.25) is 0 Å². The van der Waals surface area contributed by atoms with Gasteiger partial charge in [-0.15, -0.1) is 0 Å². The average molecular weight is 178 g/mol. The van der Waals surface area contributed by atoms with E-state index < -0.39 is 7.25 Å². The topological polar surface area (TPSA) is 0 Å². The van der Waals surface area contributed by atoms with Crippen LogP contribution in [0.2, 0.25) is 0 Å². The smallest absolute Gasteiger partial charge is 0.418 e. The van der Waals surface area contributed by atoms with Crippen molar-refractivity contribution in [2.45, 2.75) is 19.8 Å². The van der Waals surface area contributed by atoms with Crippen molar-refractivity contribution >= 4 is 16.5 Å². The van der Waals surface area contributed by atoms with Crippen LogP contribution >= 0.6 is 9.24 Å². The minimum atomic E-state index is -6.00. The standard InChI is InChI=1S/C4H11P.BF4/c1-2-3-4-5;2-1(3,4)5/h2-5H2,1H3;/q;-1/p+1. The van der Waals surface area contributed by atoms with E-state index in [0.717, 1.165) is 0 Å². The highest BCUT2D eigenvalue weighted by molar-refractivity contribution is 7.16. The molecule has 0 heterocycles. The minimum Gasteiger partial charge on any atom is -0.418 e. The molecular weight excluding hydrogens is 166 g/mol. The summed E-state index contributed by atoms with van der Waals surface area (Å²) in [6.07, 6.45) is 4.12. The minimum absolute atomic E-state index is 1.35. The Hall–Kier alpha value is 0.215. The molecule has 0 aliphatic rings. The van der Waals surface area contributed by atoms with Crippen molar-refractivity contribution in [1.29, 1.82) is 0 Å². The van der Waals surface area contributed by atoms with Gasteiger partial charge in [0.05, 0.1) is 6.16 Å². The van der Waals surface area contributed by atoms with Gasteiger partial charge in [-0.3, -0.25) is 0 Å². The zero-order valence-corrected chi connectivity index (χ0v) is 7.33. The zero-order valence-electron chi connectivity index (χ0n) is 5.92. The Balaban J connectivity index is 0. The van der Waals surface area contributed by atoms with E-state index in [2.05, 4.69) is 6.92 Å². The van der Waals surface area contributed by atoms with Crippen LogP contribution in [0.1, 0.15) is 19.8 Å². The van der Waals surface area contributed by atoms with Crippen LogP contribution in [0.5, 0.6) is 0 Å². The quantitative estimate of drug-likeness (QED) is 0.346. The van der Waals surface area contributed by atoms with Crippen molar-refractivity contribution in [2.24, 2.45) is 0 Å². The first kappa shape index (κ1) is 12.9. The number of halogens is 4. The summed E-state index contributed by atoms with van der Waals surface area (Å²) in [5, 5.41) is 0. The van der Waals surface area contributed by atoms with Gasteiger partial charge in [-0.2, -0.15) is 0 Å². The van der Waals surface area contributed by atoms with E-state index in [0.29, 0.717) is 0 Å². The highest BCUT2D eigenvalue weighted by Crippen LogP contribution is 2.06. The lowest BCUT2D eigenvalue weighted by atomic mass is 10.3. The van der Waals surface area contributed by atoms with Crippen molar-refractivity contribution in [2.75, 3.05) is 6.16 Å². The van der Waals surface area contributed by atoms with E-state index in [9.17, 15) is 17.3 Å². The number of unbranched alkanes of at least 4 members (excludes halogenated alkanes) is 1. The van der Waals surface area contributed by atoms with Crippen LogP contribution in [0.25, 0.3) is 0 Å². The fourth-order valence-electron chi connectivity index (χ4n) is 0.250. The second kappa shape index (κ2) is 7.32. The molecule has 0 N–H and O–H groups in total. The van der Waals surface area contributed by atoms with Gasteiger partial charge in [-0.1, -0.05) is 13.3 Å². The van der Waals surface area contributed by atoms with E-state index >= 15 is 0 Å². The van der Waals surface area contributed by atoms with Gasteiger partial charge in [0.1, 0.15) is 0 Å². The monoisotopic (exact) mass is 178 g/mol. The summed E-state index contributed by atoms with van der Waals surface area (Å²) in [5.41, 5.74) is 0. The third kappa shape index (κ3) is 87.2. The Morgan fingerprint density at radius 3 is 1.50 bits per heavy atom. The third-order valence-corrected chi connectivity index (χ3v) is 1.10. The molecule has 0 nitrogen and oxygen atoms in total. The predicted octanol–water partition coefficient (Wildman–Crippen LogP) is 2.69. The summed E-state index contributed by atoms with van der Waals surface area (Å²) in [4.78, 5) is 0. The fourth-order valence-corrected chi connectivity index (χ4v) is 0.750. The molecule has 0 bridgehead atoms. The van der Waals surface area contributed by atoms with Gasteiger partial charge in [-0.05, 0) is 15.7 Å². The zero-order chi connectivity index (χ0) is 8.62. The summed E-state index contributed by atoms with van der Waals surface area (Å²) in [5.74, 6) is 0. The first-order chi connectivity index (χ1) is 4.41. The number of rotatable bonds is 2. The highest BCUT2D eigenvalue weighted by atomic mass is 31.0. The lowest BCUT2D eigenvalue weighted by Gasteiger charge is -1.94. The summed E-state index contributed by atoms with van der Waals surface area (Å²) in [7, 11) is -3.95. The van der Waals surface area contributed by atoms with Crippen molar-refractivity contribution in [3.05, 3.63) is 0 Å². The molecule has 0 aromatic rings. The van der Waals surface area contributed by atoms with E-state index in [4.69, 9.17) is 0 Å². The molecule has 0 saturated carbocycles. The maximum atomic E-state index is 9.75. The van der Waals surface area contributed by atoms with Crippen LogP contribution in [0.15, 0.2) is 0 Å². The molecule has 10 heavy (non-hydrogen) atoms. The Bertz CT molecular complexity index is 56.8. The molecular formula is C4H12BF4P. The van der Waals surface area contributed by atoms with Crippen molar-refractivity contribution < 1.29 is 17.3 Å². The molecule has 0 radical (unpaired) electrons. The van der Waals surface area contributed by atoms with Crippen LogP contribution < -0.4 is 0 Å². The first-order valence-corrected chi connectivity index (χ1v) is 4.08. The Kier molecular flexibility index (Phi) is 9.41. The van der Waals surface area contributed by atoms with Crippen molar-refractivity contribution in [1.82, 2.24) is 0 Å². The summed E-state index contributed by atoms with van der Waals surface area (Å²) < 4.78 is 39.0. The SMILES string of the molecule is CCCC[PH3+].F[B-](F)(F)F. The number of hydrogen-bond donors (Lipinski definition) is 0. The summed E-state index contributed by atoms with van der Waals surface area (Å²) in [6, 6.07) is 0. The molecule has 0 rings (SSSR count). The molecule has 0 aromatic carbocycles. The maximum Gasteiger partial charge on any atom is 0.673 e. The Morgan fingerprint density at radius 1 is 1.20 bits per heavy atom. The number of hydrogen-bond acceptors (Lipinski definition) is 0. The lowest BCUT2D eigenvalue weighted by molar-refractivity contribution is 0.368. The normalized spacial score (nSPS) is 10.5. The van der Waals surface area contributed by atoms with Gasteiger partial charge in [0.25, 0.3) is 0 Å². The maximum absolute atomic E-state index is 9.75. The van der Waals surface area contributed by atoms with Crippen molar-refractivity contribution in [3.63, 3.8) is 0 Å². The van der Waals surface area contributed by atoms with Crippen LogP contribution in [-0.4, -0.2) is 13.4 Å². The third-order valence-electron chi connectivity index (χ3n) is 0.604. The lowest BCUT2D eigenvalue weighted by Crippen LogP contribution is -2.02. The fraction of sp³-hybridized carbons (Fsp3) is 1.00. The van der Waals surface area contributed by atoms with Gasteiger partial charge in [-0.25, -0.2) is 0 Å². The molecule has 0 aliphatic carbocycles.